The summed E-state index contributed by atoms with van der Waals surface area (Å²) in [5.74, 6) is 0.0291. The van der Waals surface area contributed by atoms with E-state index >= 15 is 0 Å². The molecule has 0 spiro atoms. The molecule has 4 nitrogen and oxygen atoms in total. The zero-order chi connectivity index (χ0) is 16.2. The highest BCUT2D eigenvalue weighted by atomic mass is 16.3. The molecule has 1 aliphatic heterocycles. The first-order valence-electron chi connectivity index (χ1n) is 8.23. The van der Waals surface area contributed by atoms with Crippen LogP contribution in [0.5, 0.6) is 0 Å². The molecule has 0 aromatic heterocycles. The zero-order valence-corrected chi connectivity index (χ0v) is 13.2. The third kappa shape index (κ3) is 3.71. The van der Waals surface area contributed by atoms with Crippen molar-refractivity contribution < 1.29 is 15.0 Å². The number of amides is 1. The van der Waals surface area contributed by atoms with Gasteiger partial charge in [0.25, 0.3) is 0 Å². The Bertz CT molecular complexity index is 685. The Kier molecular flexibility index (Phi) is 4.94. The Labute approximate surface area is 136 Å². The van der Waals surface area contributed by atoms with Gasteiger partial charge < -0.3 is 15.1 Å². The first kappa shape index (κ1) is 16.0. The molecule has 3 rings (SSSR count). The zero-order valence-electron chi connectivity index (χ0n) is 13.2. The van der Waals surface area contributed by atoms with Crippen molar-refractivity contribution in [2.45, 2.75) is 37.8 Å². The van der Waals surface area contributed by atoms with E-state index in [4.69, 9.17) is 0 Å². The standard InChI is InChI=1S/C19H23NO3/c21-13-17-11-18(22)12-20(17)19(23)7-3-4-14-8-9-15-5-1-2-6-16(15)10-14/h1-2,5-6,8-10,17-18,21-22H,3-4,7,11-13H2/t17-,18+/m0/s1. The maximum absolute atomic E-state index is 12.3. The Morgan fingerprint density at radius 1 is 1.17 bits per heavy atom. The highest BCUT2D eigenvalue weighted by Crippen LogP contribution is 2.20. The Morgan fingerprint density at radius 3 is 2.74 bits per heavy atom. The number of fused-ring (bicyclic) bond motifs is 1. The summed E-state index contributed by atoms with van der Waals surface area (Å²) < 4.78 is 0. The normalized spacial score (nSPS) is 21.0. The number of hydrogen-bond donors (Lipinski definition) is 2. The monoisotopic (exact) mass is 313 g/mol. The van der Waals surface area contributed by atoms with E-state index in [-0.39, 0.29) is 18.6 Å². The van der Waals surface area contributed by atoms with Crippen LogP contribution in [-0.4, -0.2) is 46.3 Å². The molecular weight excluding hydrogens is 290 g/mol. The first-order valence-corrected chi connectivity index (χ1v) is 8.23. The molecule has 1 amide bonds. The molecule has 1 heterocycles. The minimum absolute atomic E-state index is 0.0291. The molecule has 0 saturated carbocycles. The van der Waals surface area contributed by atoms with Crippen LogP contribution in [0.3, 0.4) is 0 Å². The van der Waals surface area contributed by atoms with E-state index in [2.05, 4.69) is 30.3 Å². The number of aryl methyl sites for hydroxylation is 1. The largest absolute Gasteiger partial charge is 0.394 e. The first-order chi connectivity index (χ1) is 11.2. The minimum atomic E-state index is -0.503. The van der Waals surface area contributed by atoms with Crippen LogP contribution in [0.15, 0.2) is 42.5 Å². The molecule has 23 heavy (non-hydrogen) atoms. The molecule has 0 radical (unpaired) electrons. The van der Waals surface area contributed by atoms with Crippen molar-refractivity contribution in [2.75, 3.05) is 13.2 Å². The lowest BCUT2D eigenvalue weighted by molar-refractivity contribution is -0.133. The van der Waals surface area contributed by atoms with Crippen molar-refractivity contribution >= 4 is 16.7 Å². The van der Waals surface area contributed by atoms with E-state index < -0.39 is 6.10 Å². The minimum Gasteiger partial charge on any atom is -0.394 e. The van der Waals surface area contributed by atoms with Gasteiger partial charge in [0.05, 0.1) is 18.8 Å². The van der Waals surface area contributed by atoms with Crippen LogP contribution >= 0.6 is 0 Å². The van der Waals surface area contributed by atoms with Gasteiger partial charge in [0.1, 0.15) is 0 Å². The van der Waals surface area contributed by atoms with Crippen LogP contribution in [0.25, 0.3) is 10.8 Å². The summed E-state index contributed by atoms with van der Waals surface area (Å²) in [5.41, 5.74) is 1.23. The fourth-order valence-corrected chi connectivity index (χ4v) is 3.35. The topological polar surface area (TPSA) is 60.8 Å². The van der Waals surface area contributed by atoms with E-state index in [1.165, 1.54) is 16.3 Å². The van der Waals surface area contributed by atoms with Crippen LogP contribution in [0.4, 0.5) is 0 Å². The molecule has 1 fully saturated rings. The Morgan fingerprint density at radius 2 is 1.96 bits per heavy atom. The third-order valence-corrected chi connectivity index (χ3v) is 4.59. The lowest BCUT2D eigenvalue weighted by atomic mass is 10.0. The summed E-state index contributed by atoms with van der Waals surface area (Å²) in [6, 6.07) is 14.4. The average Bonchev–Trinajstić information content (AvgIpc) is 2.96. The van der Waals surface area contributed by atoms with E-state index in [0.717, 1.165) is 12.8 Å². The summed E-state index contributed by atoms with van der Waals surface area (Å²) in [5, 5.41) is 21.4. The van der Waals surface area contributed by atoms with Gasteiger partial charge in [-0.1, -0.05) is 42.5 Å². The fourth-order valence-electron chi connectivity index (χ4n) is 3.35. The number of benzene rings is 2. The molecule has 2 aromatic rings. The second-order valence-corrected chi connectivity index (χ2v) is 6.31. The maximum Gasteiger partial charge on any atom is 0.222 e. The molecule has 2 atom stereocenters. The van der Waals surface area contributed by atoms with Gasteiger partial charge in [-0.15, -0.1) is 0 Å². The van der Waals surface area contributed by atoms with Crippen molar-refractivity contribution in [1.29, 1.82) is 0 Å². The number of rotatable bonds is 5. The predicted molar refractivity (Wildman–Crippen MR) is 90.1 cm³/mol. The van der Waals surface area contributed by atoms with Gasteiger partial charge in [-0.05, 0) is 35.6 Å². The smallest absolute Gasteiger partial charge is 0.222 e. The second kappa shape index (κ2) is 7.11. The summed E-state index contributed by atoms with van der Waals surface area (Å²) >= 11 is 0. The van der Waals surface area contributed by atoms with Gasteiger partial charge in [0.15, 0.2) is 0 Å². The van der Waals surface area contributed by atoms with Crippen molar-refractivity contribution in [1.82, 2.24) is 4.90 Å². The van der Waals surface area contributed by atoms with Crippen LogP contribution in [0.1, 0.15) is 24.8 Å². The lowest BCUT2D eigenvalue weighted by Crippen LogP contribution is -2.37. The maximum atomic E-state index is 12.3. The predicted octanol–water partition coefficient (Wildman–Crippen LogP) is 2.12. The fraction of sp³-hybridized carbons (Fsp3) is 0.421. The number of hydrogen-bond acceptors (Lipinski definition) is 3. The van der Waals surface area contributed by atoms with Gasteiger partial charge in [-0.25, -0.2) is 0 Å². The number of β-amino-alcohol motifs (C(OH)–C–C–N with tert-alkyl or cyclic N) is 1. The molecule has 0 unspecified atom stereocenters. The number of aliphatic hydroxyl groups is 2. The third-order valence-electron chi connectivity index (χ3n) is 4.59. The van der Waals surface area contributed by atoms with E-state index in [9.17, 15) is 15.0 Å². The number of aliphatic hydroxyl groups excluding tert-OH is 2. The van der Waals surface area contributed by atoms with E-state index in [1.54, 1.807) is 4.90 Å². The van der Waals surface area contributed by atoms with Crippen molar-refractivity contribution in [3.8, 4) is 0 Å². The van der Waals surface area contributed by atoms with Gasteiger partial charge in [0, 0.05) is 13.0 Å². The highest BCUT2D eigenvalue weighted by molar-refractivity contribution is 5.83. The summed E-state index contributed by atoms with van der Waals surface area (Å²) in [6.07, 6.45) is 2.07. The molecular formula is C19H23NO3. The molecule has 1 saturated heterocycles. The highest BCUT2D eigenvalue weighted by Gasteiger charge is 2.33. The number of nitrogens with zero attached hydrogens (tertiary/aromatic N) is 1. The molecule has 122 valence electrons. The molecule has 1 aliphatic rings. The average molecular weight is 313 g/mol. The number of likely N-dealkylation sites (tertiary alicyclic amines) is 1. The van der Waals surface area contributed by atoms with Crippen LogP contribution in [-0.2, 0) is 11.2 Å². The SMILES string of the molecule is O=C(CCCc1ccc2ccccc2c1)N1C[C@H](O)C[C@H]1CO. The Balaban J connectivity index is 1.55. The second-order valence-electron chi connectivity index (χ2n) is 6.31. The van der Waals surface area contributed by atoms with Gasteiger partial charge >= 0.3 is 0 Å². The summed E-state index contributed by atoms with van der Waals surface area (Å²) in [7, 11) is 0. The van der Waals surface area contributed by atoms with Crippen LogP contribution in [0.2, 0.25) is 0 Å². The summed E-state index contributed by atoms with van der Waals surface area (Å²) in [4.78, 5) is 13.9. The molecule has 2 N–H and O–H groups in total. The van der Waals surface area contributed by atoms with Crippen LogP contribution in [0, 0.1) is 0 Å². The summed E-state index contributed by atoms with van der Waals surface area (Å²) in [6.45, 7) is 0.271. The molecule has 0 bridgehead atoms. The number of carbonyl (C=O) groups excluding carboxylic acids is 1. The van der Waals surface area contributed by atoms with Gasteiger partial charge in [-0.2, -0.15) is 0 Å². The van der Waals surface area contributed by atoms with Gasteiger partial charge in [0.2, 0.25) is 5.91 Å². The van der Waals surface area contributed by atoms with Crippen LogP contribution < -0.4 is 0 Å². The molecule has 2 aromatic carbocycles. The lowest BCUT2D eigenvalue weighted by Gasteiger charge is -2.22. The van der Waals surface area contributed by atoms with Crippen molar-refractivity contribution in [2.24, 2.45) is 0 Å². The molecule has 4 heteroatoms. The quantitative estimate of drug-likeness (QED) is 0.889. The van der Waals surface area contributed by atoms with E-state index in [0.29, 0.717) is 19.4 Å². The number of carbonyl (C=O) groups is 1. The molecule has 0 aliphatic carbocycles. The van der Waals surface area contributed by atoms with Crippen molar-refractivity contribution in [3.63, 3.8) is 0 Å². The van der Waals surface area contributed by atoms with Crippen molar-refractivity contribution in [3.05, 3.63) is 48.0 Å². The van der Waals surface area contributed by atoms with Gasteiger partial charge in [-0.3, -0.25) is 4.79 Å². The Hall–Kier alpha value is -1.91. The van der Waals surface area contributed by atoms with E-state index in [1.807, 2.05) is 12.1 Å².